The Bertz CT molecular complexity index is 1500. The van der Waals surface area contributed by atoms with Gasteiger partial charge >= 0.3 is 0 Å². The van der Waals surface area contributed by atoms with Crippen molar-refractivity contribution in [1.29, 1.82) is 0 Å². The molecule has 0 unspecified atom stereocenters. The summed E-state index contributed by atoms with van der Waals surface area (Å²) in [6.45, 7) is 3.15. The van der Waals surface area contributed by atoms with Crippen LogP contribution in [0.15, 0.2) is 77.6 Å². The Kier molecular flexibility index (Phi) is 5.60. The molecular weight excluding hydrogens is 420 g/mol. The largest absolute Gasteiger partial charge is 0.493 e. The van der Waals surface area contributed by atoms with Crippen molar-refractivity contribution in [2.75, 3.05) is 13.2 Å². The number of fused-ring (bicyclic) bond motifs is 3. The van der Waals surface area contributed by atoms with Gasteiger partial charge in [0.05, 0.1) is 28.8 Å². The summed E-state index contributed by atoms with van der Waals surface area (Å²) in [5, 5.41) is 0. The summed E-state index contributed by atoms with van der Waals surface area (Å²) in [6.07, 6.45) is 2.64. The van der Waals surface area contributed by atoms with Crippen LogP contribution in [0.2, 0.25) is 0 Å². The van der Waals surface area contributed by atoms with Crippen molar-refractivity contribution >= 4 is 33.4 Å². The highest BCUT2D eigenvalue weighted by Crippen LogP contribution is 2.20. The fourth-order valence-electron chi connectivity index (χ4n) is 3.62. The lowest BCUT2D eigenvalue weighted by Gasteiger charge is -2.10. The number of benzene rings is 3. The van der Waals surface area contributed by atoms with Gasteiger partial charge in [0, 0.05) is 12.0 Å². The van der Waals surface area contributed by atoms with Gasteiger partial charge in [-0.25, -0.2) is 9.38 Å². The van der Waals surface area contributed by atoms with E-state index in [1.807, 2.05) is 85.8 Å². The number of para-hydroxylation sites is 3. The Balaban J connectivity index is 1.32. The van der Waals surface area contributed by atoms with E-state index in [0.717, 1.165) is 34.5 Å². The second-order valence-electron chi connectivity index (χ2n) is 7.54. The third kappa shape index (κ3) is 4.09. The zero-order valence-electron chi connectivity index (χ0n) is 17.7. The van der Waals surface area contributed by atoms with Crippen LogP contribution in [-0.2, 0) is 0 Å². The minimum Gasteiger partial charge on any atom is -0.493 e. The van der Waals surface area contributed by atoms with Crippen molar-refractivity contribution in [2.45, 2.75) is 13.3 Å². The molecule has 2 heterocycles. The van der Waals surface area contributed by atoms with Crippen LogP contribution in [0.4, 0.5) is 0 Å². The first-order chi connectivity index (χ1) is 15.7. The summed E-state index contributed by atoms with van der Waals surface area (Å²) in [4.78, 5) is 18.3. The van der Waals surface area contributed by atoms with E-state index in [-0.39, 0.29) is 5.56 Å². The molecule has 0 radical (unpaired) electrons. The molecule has 3 aromatic carbocycles. The number of rotatable bonds is 7. The Morgan fingerprint density at radius 3 is 2.69 bits per heavy atom. The van der Waals surface area contributed by atoms with Crippen LogP contribution in [0.25, 0.3) is 22.1 Å². The Labute approximate surface area is 189 Å². The third-order valence-electron chi connectivity index (χ3n) is 5.16. The normalized spacial score (nSPS) is 12.0. The molecule has 0 spiro atoms. The molecule has 6 heteroatoms. The Morgan fingerprint density at radius 2 is 1.78 bits per heavy atom. The first kappa shape index (κ1) is 20.3. The summed E-state index contributed by atoms with van der Waals surface area (Å²) in [5.74, 6) is 1.62. The van der Waals surface area contributed by atoms with Crippen LogP contribution in [0, 0.1) is 6.92 Å². The molecule has 0 N–H and O–H groups in total. The van der Waals surface area contributed by atoms with E-state index in [1.165, 1.54) is 16.9 Å². The smallest absolute Gasteiger partial charge is 0.274 e. The molecule has 32 heavy (non-hydrogen) atoms. The maximum Gasteiger partial charge on any atom is 0.274 e. The quantitative estimate of drug-likeness (QED) is 0.345. The molecule has 5 rings (SSSR count). The number of aromatic nitrogens is 2. The molecule has 2 aromatic heterocycles. The summed E-state index contributed by atoms with van der Waals surface area (Å²) in [6, 6.07) is 23.5. The lowest BCUT2D eigenvalue weighted by atomic mass is 10.2. The zero-order valence-corrected chi connectivity index (χ0v) is 18.5. The molecule has 0 aliphatic rings. The number of aryl methyl sites for hydroxylation is 1. The van der Waals surface area contributed by atoms with E-state index in [1.54, 1.807) is 4.40 Å². The van der Waals surface area contributed by atoms with Crippen molar-refractivity contribution in [2.24, 2.45) is 0 Å². The van der Waals surface area contributed by atoms with Gasteiger partial charge in [0.15, 0.2) is 4.96 Å². The summed E-state index contributed by atoms with van der Waals surface area (Å²) >= 11 is 1.39. The average molecular weight is 443 g/mol. The SMILES string of the molecule is Cc1cccc(OCCCOc2ccccc2/C=c2/sc3nc4ccccc4n3c2=O)c1. The number of hydrogen-bond donors (Lipinski definition) is 0. The van der Waals surface area contributed by atoms with Gasteiger partial charge in [0.2, 0.25) is 0 Å². The van der Waals surface area contributed by atoms with Crippen LogP contribution < -0.4 is 19.6 Å². The molecule has 0 aliphatic heterocycles. The van der Waals surface area contributed by atoms with Gasteiger partial charge in [0.1, 0.15) is 11.5 Å². The molecule has 5 nitrogen and oxygen atoms in total. The Hall–Kier alpha value is -3.64. The van der Waals surface area contributed by atoms with Gasteiger partial charge in [0.25, 0.3) is 5.56 Å². The van der Waals surface area contributed by atoms with E-state index < -0.39 is 0 Å². The molecule has 0 bridgehead atoms. The van der Waals surface area contributed by atoms with Crippen LogP contribution in [0.3, 0.4) is 0 Å². The fraction of sp³-hybridized carbons (Fsp3) is 0.154. The molecule has 160 valence electrons. The van der Waals surface area contributed by atoms with E-state index >= 15 is 0 Å². The maximum absolute atomic E-state index is 13.0. The van der Waals surface area contributed by atoms with Crippen LogP contribution in [0.5, 0.6) is 11.5 Å². The molecular formula is C26H22N2O3S. The van der Waals surface area contributed by atoms with Gasteiger partial charge < -0.3 is 9.47 Å². The standard InChI is InChI=1S/C26H22N2O3S/c1-18-8-6-10-20(16-18)30-14-7-15-31-23-13-5-2-9-19(23)17-24-25(29)28-22-12-4-3-11-21(22)27-26(28)32-24/h2-6,8-13,16-17H,7,14-15H2,1H3/b24-17+. The molecule has 5 aromatic rings. The number of thiazole rings is 1. The third-order valence-corrected chi connectivity index (χ3v) is 6.12. The van der Waals surface area contributed by atoms with Gasteiger partial charge in [-0.15, -0.1) is 0 Å². The molecule has 0 aliphatic carbocycles. The van der Waals surface area contributed by atoms with Crippen molar-refractivity contribution in [3.63, 3.8) is 0 Å². The van der Waals surface area contributed by atoms with Gasteiger partial charge in [-0.1, -0.05) is 53.8 Å². The molecule has 0 atom stereocenters. The van der Waals surface area contributed by atoms with Crippen LogP contribution in [0.1, 0.15) is 17.5 Å². The van der Waals surface area contributed by atoms with Crippen molar-refractivity contribution < 1.29 is 9.47 Å². The predicted molar refractivity (Wildman–Crippen MR) is 129 cm³/mol. The highest BCUT2D eigenvalue weighted by Gasteiger charge is 2.11. The maximum atomic E-state index is 13.0. The zero-order chi connectivity index (χ0) is 21.9. The molecule has 0 amide bonds. The lowest BCUT2D eigenvalue weighted by Crippen LogP contribution is -2.22. The minimum atomic E-state index is -0.0555. The Morgan fingerprint density at radius 1 is 0.969 bits per heavy atom. The van der Waals surface area contributed by atoms with E-state index in [9.17, 15) is 4.79 Å². The summed E-state index contributed by atoms with van der Waals surface area (Å²) < 4.78 is 14.1. The van der Waals surface area contributed by atoms with Crippen LogP contribution >= 0.6 is 11.3 Å². The monoisotopic (exact) mass is 442 g/mol. The molecule has 0 saturated heterocycles. The highest BCUT2D eigenvalue weighted by molar-refractivity contribution is 7.15. The van der Waals surface area contributed by atoms with E-state index in [4.69, 9.17) is 9.47 Å². The molecule has 0 saturated carbocycles. The predicted octanol–water partition coefficient (Wildman–Crippen LogP) is 4.61. The van der Waals surface area contributed by atoms with Gasteiger partial charge in [-0.05, 0) is 48.9 Å². The number of hydrogen-bond acceptors (Lipinski definition) is 5. The van der Waals surface area contributed by atoms with Crippen LogP contribution in [-0.4, -0.2) is 22.6 Å². The summed E-state index contributed by atoms with van der Waals surface area (Å²) in [7, 11) is 0. The lowest BCUT2D eigenvalue weighted by molar-refractivity contribution is 0.247. The second kappa shape index (κ2) is 8.85. The van der Waals surface area contributed by atoms with Crippen molar-refractivity contribution in [1.82, 2.24) is 9.38 Å². The van der Waals surface area contributed by atoms with E-state index in [0.29, 0.717) is 22.7 Å². The first-order valence-corrected chi connectivity index (χ1v) is 11.3. The van der Waals surface area contributed by atoms with Crippen molar-refractivity contribution in [3.8, 4) is 11.5 Å². The highest BCUT2D eigenvalue weighted by atomic mass is 32.1. The minimum absolute atomic E-state index is 0.0555. The average Bonchev–Trinajstić information content (AvgIpc) is 3.31. The number of nitrogens with zero attached hydrogens (tertiary/aromatic N) is 2. The van der Waals surface area contributed by atoms with Gasteiger partial charge in [-0.2, -0.15) is 0 Å². The summed E-state index contributed by atoms with van der Waals surface area (Å²) in [5.41, 5.74) is 3.66. The van der Waals surface area contributed by atoms with Crippen molar-refractivity contribution in [3.05, 3.63) is 98.8 Å². The number of imidazole rings is 1. The topological polar surface area (TPSA) is 52.8 Å². The van der Waals surface area contributed by atoms with Gasteiger partial charge in [-0.3, -0.25) is 4.79 Å². The second-order valence-corrected chi connectivity index (χ2v) is 8.55. The fourth-order valence-corrected chi connectivity index (χ4v) is 4.60. The molecule has 0 fully saturated rings. The number of ether oxygens (including phenoxy) is 2. The van der Waals surface area contributed by atoms with E-state index in [2.05, 4.69) is 4.98 Å². The first-order valence-electron chi connectivity index (χ1n) is 10.5.